The molecule has 0 N–H and O–H groups in total. The zero-order chi connectivity index (χ0) is 14.9. The van der Waals surface area contributed by atoms with Gasteiger partial charge in [0.15, 0.2) is 21.3 Å². The molecule has 0 saturated carbocycles. The van der Waals surface area contributed by atoms with E-state index in [0.29, 0.717) is 13.0 Å². The van der Waals surface area contributed by atoms with Crippen LogP contribution >= 0.6 is 0 Å². The van der Waals surface area contributed by atoms with E-state index in [1.54, 1.807) is 7.11 Å². The molecule has 0 amide bonds. The van der Waals surface area contributed by atoms with Crippen LogP contribution < -0.4 is 9.47 Å². The summed E-state index contributed by atoms with van der Waals surface area (Å²) in [6.07, 6.45) is 4.99. The van der Waals surface area contributed by atoms with Gasteiger partial charge in [-0.05, 0) is 31.4 Å². The molecule has 1 saturated heterocycles. The van der Waals surface area contributed by atoms with E-state index in [0.717, 1.165) is 30.8 Å². The first-order valence-electron chi connectivity index (χ1n) is 7.29. The zero-order valence-corrected chi connectivity index (χ0v) is 12.9. The molecular formula is C16H20O4S. The summed E-state index contributed by atoms with van der Waals surface area (Å²) in [5.74, 6) is 1.45. The molecule has 3 rings (SSSR count). The summed E-state index contributed by atoms with van der Waals surface area (Å²) in [6.45, 7) is 0.547. The van der Waals surface area contributed by atoms with Crippen LogP contribution in [0.2, 0.25) is 0 Å². The van der Waals surface area contributed by atoms with Crippen LogP contribution in [0, 0.1) is 0 Å². The quantitative estimate of drug-likeness (QED) is 0.785. The molecule has 2 unspecified atom stereocenters. The maximum Gasteiger partial charge on any atom is 0.161 e. The maximum atomic E-state index is 12.0. The van der Waals surface area contributed by atoms with Gasteiger partial charge in [0.2, 0.25) is 0 Å². The minimum absolute atomic E-state index is 0.159. The average Bonchev–Trinajstić information content (AvgIpc) is 2.68. The lowest BCUT2D eigenvalue weighted by molar-refractivity contribution is 0.296. The highest BCUT2D eigenvalue weighted by atomic mass is 32.2. The fraction of sp³-hybridized carbons (Fsp3) is 0.500. The molecule has 2 bridgehead atoms. The van der Waals surface area contributed by atoms with Crippen molar-refractivity contribution < 1.29 is 17.9 Å². The van der Waals surface area contributed by atoms with Crippen molar-refractivity contribution in [2.24, 2.45) is 0 Å². The Bertz CT molecular complexity index is 648. The Morgan fingerprint density at radius 3 is 2.67 bits per heavy atom. The van der Waals surface area contributed by atoms with E-state index in [-0.39, 0.29) is 10.5 Å². The van der Waals surface area contributed by atoms with E-state index in [2.05, 4.69) is 0 Å². The normalized spacial score (nSPS) is 26.2. The summed E-state index contributed by atoms with van der Waals surface area (Å²) < 4.78 is 35.0. The average molecular weight is 308 g/mol. The van der Waals surface area contributed by atoms with Crippen LogP contribution in [0.15, 0.2) is 35.9 Å². The number of hydrogen-bond acceptors (Lipinski definition) is 4. The van der Waals surface area contributed by atoms with Crippen molar-refractivity contribution in [3.05, 3.63) is 35.9 Å². The second-order valence-electron chi connectivity index (χ2n) is 5.61. The molecule has 1 aromatic carbocycles. The number of ether oxygens (including phenoxy) is 2. The van der Waals surface area contributed by atoms with Crippen molar-refractivity contribution in [3.8, 4) is 11.5 Å². The fourth-order valence-corrected chi connectivity index (χ4v) is 5.41. The molecular weight excluding hydrogens is 288 g/mol. The third-order valence-corrected chi connectivity index (χ3v) is 6.87. The molecule has 1 aromatic rings. The maximum absolute atomic E-state index is 12.0. The SMILES string of the molecule is COc1ccccc1OCCC1=CC2CCC(C1)S2(=O)=O. The molecule has 4 nitrogen and oxygen atoms in total. The van der Waals surface area contributed by atoms with Crippen LogP contribution in [0.1, 0.15) is 25.7 Å². The van der Waals surface area contributed by atoms with Gasteiger partial charge in [0.25, 0.3) is 0 Å². The molecule has 0 aromatic heterocycles. The molecule has 2 aliphatic heterocycles. The topological polar surface area (TPSA) is 52.6 Å². The number of hydrogen-bond donors (Lipinski definition) is 0. The van der Waals surface area contributed by atoms with Gasteiger partial charge in [-0.3, -0.25) is 0 Å². The fourth-order valence-electron chi connectivity index (χ4n) is 3.16. The van der Waals surface area contributed by atoms with E-state index < -0.39 is 9.84 Å². The number of fused-ring (bicyclic) bond motifs is 2. The van der Waals surface area contributed by atoms with Crippen molar-refractivity contribution in [1.82, 2.24) is 0 Å². The second-order valence-corrected chi connectivity index (χ2v) is 8.06. The van der Waals surface area contributed by atoms with Gasteiger partial charge in [-0.15, -0.1) is 0 Å². The summed E-state index contributed by atoms with van der Waals surface area (Å²) in [6, 6.07) is 7.55. The number of rotatable bonds is 5. The minimum Gasteiger partial charge on any atom is -0.493 e. The molecule has 0 aliphatic carbocycles. The largest absolute Gasteiger partial charge is 0.493 e. The first-order valence-corrected chi connectivity index (χ1v) is 8.90. The van der Waals surface area contributed by atoms with Crippen LogP contribution in [0.5, 0.6) is 11.5 Å². The lowest BCUT2D eigenvalue weighted by Gasteiger charge is -2.20. The summed E-state index contributed by atoms with van der Waals surface area (Å²) in [7, 11) is -1.27. The van der Waals surface area contributed by atoms with E-state index >= 15 is 0 Å². The van der Waals surface area contributed by atoms with E-state index in [1.807, 2.05) is 30.3 Å². The molecule has 0 radical (unpaired) electrons. The van der Waals surface area contributed by atoms with Gasteiger partial charge >= 0.3 is 0 Å². The predicted octanol–water partition coefficient (Wildman–Crippen LogP) is 2.74. The van der Waals surface area contributed by atoms with E-state index in [1.165, 1.54) is 5.57 Å². The van der Waals surface area contributed by atoms with Gasteiger partial charge in [-0.1, -0.05) is 23.8 Å². The van der Waals surface area contributed by atoms with E-state index in [9.17, 15) is 8.42 Å². The van der Waals surface area contributed by atoms with Crippen molar-refractivity contribution >= 4 is 9.84 Å². The van der Waals surface area contributed by atoms with Gasteiger partial charge in [-0.2, -0.15) is 0 Å². The molecule has 2 atom stereocenters. The summed E-state index contributed by atoms with van der Waals surface area (Å²) >= 11 is 0. The molecule has 2 aliphatic rings. The Balaban J connectivity index is 1.60. The minimum atomic E-state index is -2.89. The standard InChI is InChI=1S/C16H20O4S/c1-19-15-4-2-3-5-16(15)20-9-8-12-10-13-6-7-14(11-12)21(13,17)18/h2-5,10,13-14H,6-9,11H2,1H3. The highest BCUT2D eigenvalue weighted by Crippen LogP contribution is 2.38. The second kappa shape index (κ2) is 5.72. The Hall–Kier alpha value is -1.49. The highest BCUT2D eigenvalue weighted by molar-refractivity contribution is 7.93. The number of sulfone groups is 1. The van der Waals surface area contributed by atoms with Crippen LogP contribution in [0.3, 0.4) is 0 Å². The van der Waals surface area contributed by atoms with Crippen molar-refractivity contribution in [2.45, 2.75) is 36.2 Å². The molecule has 0 spiro atoms. The third kappa shape index (κ3) is 2.79. The van der Waals surface area contributed by atoms with Gasteiger partial charge in [0, 0.05) is 6.42 Å². The van der Waals surface area contributed by atoms with E-state index in [4.69, 9.17) is 9.47 Å². The number of benzene rings is 1. The summed E-state index contributed by atoms with van der Waals surface area (Å²) in [5, 5.41) is -0.411. The Kier molecular flexibility index (Phi) is 3.93. The van der Waals surface area contributed by atoms with Crippen LogP contribution in [-0.4, -0.2) is 32.6 Å². The van der Waals surface area contributed by atoms with Gasteiger partial charge in [0.05, 0.1) is 24.2 Å². The predicted molar refractivity (Wildman–Crippen MR) is 81.5 cm³/mol. The monoisotopic (exact) mass is 308 g/mol. The molecule has 5 heteroatoms. The Labute approximate surface area is 125 Å². The highest BCUT2D eigenvalue weighted by Gasteiger charge is 2.42. The molecule has 21 heavy (non-hydrogen) atoms. The molecule has 1 fully saturated rings. The van der Waals surface area contributed by atoms with Crippen LogP contribution in [0.4, 0.5) is 0 Å². The van der Waals surface area contributed by atoms with Crippen LogP contribution in [-0.2, 0) is 9.84 Å². The first kappa shape index (κ1) is 14.4. The molecule has 114 valence electrons. The van der Waals surface area contributed by atoms with Crippen molar-refractivity contribution in [3.63, 3.8) is 0 Å². The lowest BCUT2D eigenvalue weighted by atomic mass is 10.1. The lowest BCUT2D eigenvalue weighted by Crippen LogP contribution is -2.27. The Morgan fingerprint density at radius 2 is 1.95 bits per heavy atom. The zero-order valence-electron chi connectivity index (χ0n) is 12.1. The van der Waals surface area contributed by atoms with Crippen molar-refractivity contribution in [2.75, 3.05) is 13.7 Å². The van der Waals surface area contributed by atoms with Gasteiger partial charge in [0.1, 0.15) is 0 Å². The Morgan fingerprint density at radius 1 is 1.19 bits per heavy atom. The smallest absolute Gasteiger partial charge is 0.161 e. The van der Waals surface area contributed by atoms with Crippen molar-refractivity contribution in [1.29, 1.82) is 0 Å². The number of para-hydroxylation sites is 2. The first-order chi connectivity index (χ1) is 10.1. The third-order valence-electron chi connectivity index (χ3n) is 4.32. The van der Waals surface area contributed by atoms with Gasteiger partial charge in [-0.25, -0.2) is 8.42 Å². The summed E-state index contributed by atoms with van der Waals surface area (Å²) in [5.41, 5.74) is 1.22. The number of methoxy groups -OCH3 is 1. The molecule has 2 heterocycles. The van der Waals surface area contributed by atoms with Crippen LogP contribution in [0.25, 0.3) is 0 Å². The summed E-state index contributed by atoms with van der Waals surface area (Å²) in [4.78, 5) is 0. The van der Waals surface area contributed by atoms with Gasteiger partial charge < -0.3 is 9.47 Å².